The number of ketones is 1. The minimum atomic E-state index is -1.18. The molecule has 1 aromatic heterocycles. The molecule has 3 aliphatic heterocycles. The minimum absolute atomic E-state index is 0.00339. The van der Waals surface area contributed by atoms with Crippen LogP contribution in [0.25, 0.3) is 16.5 Å². The Balaban J connectivity index is 1.30. The van der Waals surface area contributed by atoms with Gasteiger partial charge in [-0.2, -0.15) is 0 Å². The minimum Gasteiger partial charge on any atom is -0.496 e. The van der Waals surface area contributed by atoms with Crippen molar-refractivity contribution < 1.29 is 43.5 Å². The molecule has 0 bridgehead atoms. The van der Waals surface area contributed by atoms with Gasteiger partial charge in [-0.15, -0.1) is 0 Å². The molecule has 2 aromatic carbocycles. The number of benzene rings is 2. The lowest BCUT2D eigenvalue weighted by Crippen LogP contribution is -2.57. The first kappa shape index (κ1) is 33.4. The summed E-state index contributed by atoms with van der Waals surface area (Å²) in [7, 11) is 1.52. The molecule has 0 unspecified atom stereocenters. The van der Waals surface area contributed by atoms with Crippen LogP contribution in [0.3, 0.4) is 0 Å². The first-order valence-corrected chi connectivity index (χ1v) is 17.8. The van der Waals surface area contributed by atoms with E-state index in [1.54, 1.807) is 6.92 Å². The number of hydrogen-bond donors (Lipinski definition) is 4. The fourth-order valence-corrected chi connectivity index (χ4v) is 9.10. The maximum atomic E-state index is 13.5. The Morgan fingerprint density at radius 1 is 1.18 bits per heavy atom. The van der Waals surface area contributed by atoms with Crippen LogP contribution >= 0.6 is 0 Å². The Bertz CT molecular complexity index is 2040. The second kappa shape index (κ2) is 13.1. The zero-order chi connectivity index (χ0) is 35.4. The number of aliphatic hydroxyl groups excluding tert-OH is 1. The number of allylic oxidation sites excluding steroid dienone is 3. The highest BCUT2D eigenvalue weighted by Crippen LogP contribution is 2.57. The highest BCUT2D eigenvalue weighted by molar-refractivity contribution is 6.11. The van der Waals surface area contributed by atoms with E-state index in [1.165, 1.54) is 7.11 Å². The first-order chi connectivity index (χ1) is 24.8. The summed E-state index contributed by atoms with van der Waals surface area (Å²) in [5.74, 6) is -0.558. The predicted molar refractivity (Wildman–Crippen MR) is 187 cm³/mol. The number of H-pyrrole nitrogens is 1. The maximum Gasteiger partial charge on any atom is 0.375 e. The molecule has 0 amide bonds. The van der Waals surface area contributed by atoms with Crippen LogP contribution < -0.4 is 19.5 Å². The van der Waals surface area contributed by atoms with E-state index in [1.807, 2.05) is 36.5 Å². The number of aliphatic hydroxyl groups is 2. The predicted octanol–water partition coefficient (Wildman–Crippen LogP) is 4.59. The number of piperidine rings is 1. The molecular weight excluding hydrogens is 652 g/mol. The van der Waals surface area contributed by atoms with E-state index in [2.05, 4.69) is 16.4 Å². The van der Waals surface area contributed by atoms with Crippen LogP contribution in [0, 0.1) is 11.8 Å². The van der Waals surface area contributed by atoms with Crippen molar-refractivity contribution in [1.29, 1.82) is 0 Å². The largest absolute Gasteiger partial charge is 0.496 e. The quantitative estimate of drug-likeness (QED) is 0.157. The van der Waals surface area contributed by atoms with Crippen molar-refractivity contribution in [3.63, 3.8) is 0 Å². The van der Waals surface area contributed by atoms with Crippen molar-refractivity contribution in [3.8, 4) is 17.2 Å². The molecule has 4 heterocycles. The second-order valence-electron chi connectivity index (χ2n) is 14.1. The number of hydrogen-bond acceptors (Lipinski definition) is 10. The molecule has 1 saturated heterocycles. The second-order valence-corrected chi connectivity index (χ2v) is 14.1. The lowest BCUT2D eigenvalue weighted by atomic mass is 9.66. The first-order valence-electron chi connectivity index (χ1n) is 17.8. The fraction of sp³-hybridized carbons (Fsp3) is 0.425. The fourth-order valence-electron chi connectivity index (χ4n) is 9.10. The van der Waals surface area contributed by atoms with Gasteiger partial charge in [0.05, 0.1) is 37.0 Å². The van der Waals surface area contributed by atoms with Gasteiger partial charge in [0.25, 0.3) is 0 Å². The van der Waals surface area contributed by atoms with E-state index in [9.17, 15) is 24.6 Å². The molecule has 5 atom stereocenters. The molecule has 2 fully saturated rings. The number of aromatic nitrogens is 1. The van der Waals surface area contributed by atoms with Crippen LogP contribution in [-0.4, -0.2) is 71.7 Å². The van der Waals surface area contributed by atoms with Gasteiger partial charge in [-0.1, -0.05) is 23.8 Å². The van der Waals surface area contributed by atoms with Gasteiger partial charge in [0.15, 0.2) is 6.29 Å². The van der Waals surface area contributed by atoms with Gasteiger partial charge in [0.1, 0.15) is 34.7 Å². The van der Waals surface area contributed by atoms with Crippen molar-refractivity contribution in [2.24, 2.45) is 11.8 Å². The zero-order valence-corrected chi connectivity index (χ0v) is 28.8. The smallest absolute Gasteiger partial charge is 0.375 e. The SMILES string of the molecule is CCOC(=O)C1=C(C=O)/C(=C2\CCC(=O)[C@H](c3ccc4[nH]ccc4c3)C2)c2c(OC)c3c(c(CO)c2O1)O[C@H]([C@@]1(O)CC=C[C@@H]2CNCC[C@H]21)C3. The number of aromatic amines is 1. The normalized spacial score (nSPS) is 28.4. The highest BCUT2D eigenvalue weighted by atomic mass is 16.6. The van der Waals surface area contributed by atoms with Gasteiger partial charge in [0, 0.05) is 54.1 Å². The monoisotopic (exact) mass is 694 g/mol. The van der Waals surface area contributed by atoms with Gasteiger partial charge < -0.3 is 39.5 Å². The molecule has 266 valence electrons. The van der Waals surface area contributed by atoms with Crippen LogP contribution in [0.5, 0.6) is 17.2 Å². The van der Waals surface area contributed by atoms with Crippen molar-refractivity contribution in [1.82, 2.24) is 10.3 Å². The molecule has 51 heavy (non-hydrogen) atoms. The number of carbonyl (C=O) groups is 3. The average molecular weight is 695 g/mol. The van der Waals surface area contributed by atoms with Crippen molar-refractivity contribution >= 4 is 34.5 Å². The summed E-state index contributed by atoms with van der Waals surface area (Å²) >= 11 is 0. The van der Waals surface area contributed by atoms with E-state index >= 15 is 0 Å². The topological polar surface area (TPSA) is 156 Å². The van der Waals surface area contributed by atoms with E-state index in [-0.39, 0.29) is 53.3 Å². The van der Waals surface area contributed by atoms with Crippen LogP contribution in [0.1, 0.15) is 67.2 Å². The Morgan fingerprint density at radius 3 is 2.82 bits per heavy atom. The van der Waals surface area contributed by atoms with Gasteiger partial charge in [0.2, 0.25) is 5.76 Å². The number of nitrogens with one attached hydrogen (secondary N) is 2. The molecule has 8 rings (SSSR count). The number of rotatable bonds is 7. The zero-order valence-electron chi connectivity index (χ0n) is 28.8. The highest BCUT2D eigenvalue weighted by Gasteiger charge is 2.53. The van der Waals surface area contributed by atoms with E-state index in [0.29, 0.717) is 60.2 Å². The average Bonchev–Trinajstić information content (AvgIpc) is 3.81. The lowest BCUT2D eigenvalue weighted by molar-refractivity contribution is -0.141. The van der Waals surface area contributed by atoms with Crippen molar-refractivity contribution in [2.45, 2.75) is 69.7 Å². The number of aldehydes is 1. The van der Waals surface area contributed by atoms with Crippen LogP contribution in [-0.2, 0) is 32.1 Å². The number of ether oxygens (including phenoxy) is 4. The molecule has 4 N–H and O–H groups in total. The Hall–Kier alpha value is -4.71. The van der Waals surface area contributed by atoms with Crippen molar-refractivity contribution in [3.05, 3.63) is 81.8 Å². The Morgan fingerprint density at radius 2 is 2.04 bits per heavy atom. The molecular formula is C40H42N2O9. The number of Topliss-reactive ketones (excluding diaryl/α,β-unsaturated/α-hetero) is 1. The summed E-state index contributed by atoms with van der Waals surface area (Å²) in [5.41, 5.74) is 3.20. The molecule has 5 aliphatic rings. The number of esters is 1. The molecule has 1 saturated carbocycles. The molecule has 3 aromatic rings. The standard InChI is InChI=1S/C40H42N2O9/c1-3-49-39(46)38-27(19-43)33(23-7-9-31(45)25(16-23)21-6-8-30-22(15-21)10-14-42-30)34-36(48-2)26-17-32(50-35(26)28(20-44)37(34)51-38)40(47)12-4-5-24-18-41-13-11-29(24)40/h4-6,8,10,14-15,19,24-25,29,32,41-42,44,47H,3,7,9,11-13,16-18,20H2,1-2H3/b33-23-/t24-,25+,29-,32+,40-/m1/s1. The van der Waals surface area contributed by atoms with E-state index in [0.717, 1.165) is 41.5 Å². The Labute approximate surface area is 295 Å². The van der Waals surface area contributed by atoms with Gasteiger partial charge >= 0.3 is 5.97 Å². The molecule has 11 heteroatoms. The summed E-state index contributed by atoms with van der Waals surface area (Å²) in [5, 5.41) is 27.7. The van der Waals surface area contributed by atoms with Gasteiger partial charge in [-0.3, -0.25) is 9.59 Å². The molecule has 2 aliphatic carbocycles. The van der Waals surface area contributed by atoms with Crippen LogP contribution in [0.15, 0.2) is 59.5 Å². The summed E-state index contributed by atoms with van der Waals surface area (Å²) in [6.45, 7) is 2.76. The van der Waals surface area contributed by atoms with Crippen LogP contribution in [0.2, 0.25) is 0 Å². The van der Waals surface area contributed by atoms with Crippen LogP contribution in [0.4, 0.5) is 0 Å². The molecule has 0 radical (unpaired) electrons. The summed E-state index contributed by atoms with van der Waals surface area (Å²) in [6, 6.07) is 7.87. The van der Waals surface area contributed by atoms with E-state index in [4.69, 9.17) is 18.9 Å². The third kappa shape index (κ3) is 5.32. The number of methoxy groups -OCH3 is 1. The number of fused-ring (bicyclic) bond motifs is 4. The van der Waals surface area contributed by atoms with Gasteiger partial charge in [-0.05, 0) is 74.2 Å². The van der Waals surface area contributed by atoms with Gasteiger partial charge in [-0.25, -0.2) is 4.79 Å². The maximum absolute atomic E-state index is 13.5. The summed E-state index contributed by atoms with van der Waals surface area (Å²) in [4.78, 5) is 43.3. The molecule has 11 nitrogen and oxygen atoms in total. The molecule has 0 spiro atoms. The Kier molecular flexibility index (Phi) is 8.60. The summed E-state index contributed by atoms with van der Waals surface area (Å²) in [6.07, 6.45) is 8.36. The number of carbonyl (C=O) groups excluding carboxylic acids is 3. The van der Waals surface area contributed by atoms with E-state index < -0.39 is 30.2 Å². The third-order valence-corrected chi connectivity index (χ3v) is 11.5. The third-order valence-electron chi connectivity index (χ3n) is 11.5. The summed E-state index contributed by atoms with van der Waals surface area (Å²) < 4.78 is 24.4. The van der Waals surface area contributed by atoms with Crippen molar-refractivity contribution in [2.75, 3.05) is 26.8 Å². The lowest BCUT2D eigenvalue weighted by Gasteiger charge is -2.47.